The summed E-state index contributed by atoms with van der Waals surface area (Å²) in [7, 11) is -2.11. The van der Waals surface area contributed by atoms with Gasteiger partial charge < -0.3 is 9.16 Å². The number of ether oxygens (including phenoxy) is 1. The van der Waals surface area contributed by atoms with E-state index in [1.54, 1.807) is 12.1 Å². The molecule has 2 atom stereocenters. The fourth-order valence-corrected chi connectivity index (χ4v) is 9.20. The van der Waals surface area contributed by atoms with E-state index in [9.17, 15) is 13.2 Å². The molecule has 3 nitrogen and oxygen atoms in total. The molecule has 231 valence electrons. The van der Waals surface area contributed by atoms with Crippen molar-refractivity contribution in [1.29, 1.82) is 0 Å². The summed E-state index contributed by atoms with van der Waals surface area (Å²) in [6, 6.07) is 5.70. The molecule has 0 radical (unpaired) electrons. The second-order valence-corrected chi connectivity index (χ2v) is 20.6. The minimum Gasteiger partial charge on any atom is -0.559 e. The number of halogens is 3. The van der Waals surface area contributed by atoms with Gasteiger partial charge in [-0.2, -0.15) is 13.2 Å². The van der Waals surface area contributed by atoms with Crippen LogP contribution in [0.25, 0.3) is 0 Å². The van der Waals surface area contributed by atoms with Crippen LogP contribution in [0, 0.1) is 5.41 Å². The van der Waals surface area contributed by atoms with Crippen LogP contribution in [0.4, 0.5) is 13.2 Å². The Morgan fingerprint density at radius 2 is 1.52 bits per heavy atom. The van der Waals surface area contributed by atoms with Crippen LogP contribution in [-0.4, -0.2) is 13.3 Å². The van der Waals surface area contributed by atoms with E-state index in [1.165, 1.54) is 41.8 Å². The molecule has 2 fully saturated rings. The highest BCUT2D eigenvalue weighted by Crippen LogP contribution is 2.60. The third-order valence-corrected chi connectivity index (χ3v) is 15.6. The van der Waals surface area contributed by atoms with Crippen LogP contribution in [-0.2, 0) is 27.4 Å². The predicted molar refractivity (Wildman–Crippen MR) is 163 cm³/mol. The van der Waals surface area contributed by atoms with E-state index >= 15 is 0 Å². The van der Waals surface area contributed by atoms with Gasteiger partial charge in [0, 0.05) is 22.9 Å². The molecular weight excluding hydrogens is 551 g/mol. The Kier molecular flexibility index (Phi) is 7.34. The summed E-state index contributed by atoms with van der Waals surface area (Å²) in [5, 5.41) is 0.0756. The van der Waals surface area contributed by atoms with Crippen molar-refractivity contribution in [3.8, 4) is 0 Å². The van der Waals surface area contributed by atoms with Gasteiger partial charge in [-0.15, -0.1) is 18.1 Å². The molecule has 1 unspecified atom stereocenters. The standard InChI is InChI=1S/C35H48F3NO2Si/c1-32(2,3)42(6,7)41-26-21-33(4,5)20-25-28(26)27(22-12-8-9-13-22)29-30(23-14-16-24(17-15-23)35(36,37)38)40-34(31(29)39-25)18-10-11-19-34/h14-17,22,26,30H,8-13,18-21H2,1-7H3/q-1/t26-,30?/m0/s1. The van der Waals surface area contributed by atoms with Crippen molar-refractivity contribution in [3.05, 3.63) is 63.5 Å². The summed E-state index contributed by atoms with van der Waals surface area (Å²) in [6.45, 7) is 16.3. The highest BCUT2D eigenvalue weighted by atomic mass is 28.4. The lowest BCUT2D eigenvalue weighted by Crippen LogP contribution is -2.44. The predicted octanol–water partition coefficient (Wildman–Crippen LogP) is 10.7. The lowest BCUT2D eigenvalue weighted by atomic mass is 9.70. The number of aromatic nitrogens is 1. The quantitative estimate of drug-likeness (QED) is 0.328. The number of rotatable bonds is 4. The third kappa shape index (κ3) is 5.19. The monoisotopic (exact) mass is 599 g/mol. The Hall–Kier alpha value is -1.70. The van der Waals surface area contributed by atoms with Gasteiger partial charge in [0.05, 0.1) is 11.3 Å². The van der Waals surface area contributed by atoms with Gasteiger partial charge in [0.25, 0.3) is 0 Å². The first-order chi connectivity index (χ1) is 19.5. The van der Waals surface area contributed by atoms with Crippen LogP contribution in [0.1, 0.15) is 150 Å². The average molecular weight is 600 g/mol. The number of alkyl halides is 3. The molecule has 4 aliphatic rings. The van der Waals surface area contributed by atoms with E-state index in [0.717, 1.165) is 68.2 Å². The maximum absolute atomic E-state index is 13.5. The van der Waals surface area contributed by atoms with Gasteiger partial charge in [-0.1, -0.05) is 72.4 Å². The molecular formula is C35H48F3NO2Si-. The molecule has 0 saturated heterocycles. The molecule has 6 rings (SSSR count). The van der Waals surface area contributed by atoms with Gasteiger partial charge >= 0.3 is 6.18 Å². The number of hydrogen-bond donors (Lipinski definition) is 0. The summed E-state index contributed by atoms with van der Waals surface area (Å²) < 4.78 is 54.9. The smallest absolute Gasteiger partial charge is 0.416 e. The number of pyridine rings is 1. The zero-order chi connectivity index (χ0) is 30.3. The van der Waals surface area contributed by atoms with Gasteiger partial charge in [0.2, 0.25) is 0 Å². The van der Waals surface area contributed by atoms with Crippen molar-refractivity contribution >= 4 is 8.32 Å². The molecule has 0 bridgehead atoms. The van der Waals surface area contributed by atoms with Crippen molar-refractivity contribution < 1.29 is 22.3 Å². The van der Waals surface area contributed by atoms with Crippen molar-refractivity contribution in [1.82, 2.24) is 4.98 Å². The van der Waals surface area contributed by atoms with E-state index in [2.05, 4.69) is 47.7 Å². The zero-order valence-corrected chi connectivity index (χ0v) is 27.5. The first-order valence-corrected chi connectivity index (χ1v) is 19.0. The van der Waals surface area contributed by atoms with Gasteiger partial charge in [-0.3, -0.25) is 4.98 Å². The Labute approximate surface area is 251 Å². The van der Waals surface area contributed by atoms with Gasteiger partial charge in [-0.25, -0.2) is 0 Å². The molecule has 2 heterocycles. The van der Waals surface area contributed by atoms with Crippen LogP contribution < -0.4 is 0 Å². The molecule has 1 aromatic heterocycles. The van der Waals surface area contributed by atoms with E-state index < -0.39 is 31.8 Å². The molecule has 1 aromatic carbocycles. The third-order valence-electron chi connectivity index (χ3n) is 11.1. The maximum Gasteiger partial charge on any atom is 0.416 e. The van der Waals surface area contributed by atoms with Crippen molar-refractivity contribution in [2.24, 2.45) is 5.41 Å². The molecule has 2 saturated carbocycles. The normalized spacial score (nSPS) is 25.7. The summed E-state index contributed by atoms with van der Waals surface area (Å²) in [4.78, 5) is 5.56. The van der Waals surface area contributed by atoms with Gasteiger partial charge in [0.1, 0.15) is 11.7 Å². The van der Waals surface area contributed by atoms with Crippen LogP contribution in [0.15, 0.2) is 24.3 Å². The fraction of sp³-hybridized carbons (Fsp3) is 0.686. The molecule has 2 aromatic rings. The summed E-state index contributed by atoms with van der Waals surface area (Å²) >= 11 is 0. The number of fused-ring (bicyclic) bond motifs is 3. The molecule has 0 N–H and O–H groups in total. The van der Waals surface area contributed by atoms with Crippen LogP contribution in [0.3, 0.4) is 0 Å². The van der Waals surface area contributed by atoms with E-state index in [0.29, 0.717) is 5.92 Å². The number of nitrogens with zero attached hydrogens (tertiary/aromatic N) is 1. The second kappa shape index (κ2) is 10.2. The van der Waals surface area contributed by atoms with E-state index in [-0.39, 0.29) is 16.6 Å². The zero-order valence-electron chi connectivity index (χ0n) is 26.5. The Morgan fingerprint density at radius 3 is 2.10 bits per heavy atom. The number of benzene rings is 1. The van der Waals surface area contributed by atoms with Crippen LogP contribution in [0.2, 0.25) is 18.1 Å². The molecule has 1 spiro atoms. The molecule has 42 heavy (non-hydrogen) atoms. The molecule has 3 aliphatic carbocycles. The van der Waals surface area contributed by atoms with Crippen molar-refractivity contribution in [3.63, 3.8) is 0 Å². The maximum atomic E-state index is 13.5. The average Bonchev–Trinajstić information content (AvgIpc) is 3.63. The minimum atomic E-state index is -4.36. The molecule has 7 heteroatoms. The summed E-state index contributed by atoms with van der Waals surface area (Å²) in [5.74, 6) is 0.402. The molecule has 0 amide bonds. The highest BCUT2D eigenvalue weighted by Gasteiger charge is 2.52. The topological polar surface area (TPSA) is 31.4 Å². The van der Waals surface area contributed by atoms with E-state index in [1.807, 2.05) is 0 Å². The van der Waals surface area contributed by atoms with Crippen molar-refractivity contribution in [2.45, 2.75) is 147 Å². The lowest BCUT2D eigenvalue weighted by molar-refractivity contribution is -0.137. The first kappa shape index (κ1) is 30.3. The van der Waals surface area contributed by atoms with Crippen LogP contribution in [0.5, 0.6) is 0 Å². The van der Waals surface area contributed by atoms with Gasteiger partial charge in [0.15, 0.2) is 0 Å². The van der Waals surface area contributed by atoms with Gasteiger partial charge in [-0.05, 0) is 81.4 Å². The minimum absolute atomic E-state index is 0.0357. The molecule has 1 aliphatic heterocycles. The Morgan fingerprint density at radius 1 is 0.905 bits per heavy atom. The second-order valence-electron chi connectivity index (χ2n) is 15.9. The SMILES string of the molecule is CC1(C)Cc2nc3c(c(C4CCCC4)c2[C@@H](O[Si-](C)(C)C(C)(C)C)C1)C(c1ccc(C(F)(F)F)cc1)OC31CCCC1. The summed E-state index contributed by atoms with van der Waals surface area (Å²) in [6.07, 6.45) is 5.72. The lowest BCUT2D eigenvalue weighted by Gasteiger charge is -2.53. The van der Waals surface area contributed by atoms with Crippen molar-refractivity contribution in [2.75, 3.05) is 0 Å². The summed E-state index contributed by atoms with van der Waals surface area (Å²) in [5.41, 5.74) is 5.86. The largest absolute Gasteiger partial charge is 0.559 e. The highest BCUT2D eigenvalue weighted by molar-refractivity contribution is 6.74. The van der Waals surface area contributed by atoms with E-state index in [4.69, 9.17) is 14.1 Å². The Bertz CT molecular complexity index is 1330. The van der Waals surface area contributed by atoms with Crippen LogP contribution >= 0.6 is 0 Å². The fourth-order valence-electron chi connectivity index (χ4n) is 7.93. The Balaban J connectivity index is 1.58. The number of hydrogen-bond acceptors (Lipinski definition) is 3. The first-order valence-electron chi connectivity index (χ1n) is 16.1.